The highest BCUT2D eigenvalue weighted by Gasteiger charge is 2.37. The number of halogens is 1. The van der Waals surface area contributed by atoms with E-state index in [0.717, 1.165) is 26.5 Å². The molecule has 1 aliphatic rings. The summed E-state index contributed by atoms with van der Waals surface area (Å²) in [6, 6.07) is 27.7. The van der Waals surface area contributed by atoms with Gasteiger partial charge in [-0.3, -0.25) is 9.59 Å². The van der Waals surface area contributed by atoms with Crippen molar-refractivity contribution in [2.24, 2.45) is 5.10 Å². The van der Waals surface area contributed by atoms with E-state index in [4.69, 9.17) is 9.52 Å². The van der Waals surface area contributed by atoms with Gasteiger partial charge in [0.25, 0.3) is 11.5 Å². The molecule has 0 saturated carbocycles. The van der Waals surface area contributed by atoms with Crippen molar-refractivity contribution in [1.82, 2.24) is 9.99 Å². The number of nitrogens with one attached hydrogen (secondary N) is 1. The van der Waals surface area contributed by atoms with Crippen LogP contribution in [0.5, 0.6) is 0 Å². The summed E-state index contributed by atoms with van der Waals surface area (Å²) in [5, 5.41) is 7.07. The molecule has 176 valence electrons. The van der Waals surface area contributed by atoms with E-state index in [0.29, 0.717) is 29.0 Å². The van der Waals surface area contributed by atoms with Crippen molar-refractivity contribution in [3.63, 3.8) is 0 Å². The van der Waals surface area contributed by atoms with Gasteiger partial charge in [0.05, 0.1) is 17.5 Å². The van der Waals surface area contributed by atoms with Crippen molar-refractivity contribution in [3.05, 3.63) is 129 Å². The summed E-state index contributed by atoms with van der Waals surface area (Å²) in [6.07, 6.45) is 1.92. The SMILES string of the molecule is O=C(c1ccccc1)N1N=C(c2c(-c3ccccc3)c3cc(Br)ccc3[nH]c2=O)C[C@H]1c1ccco1. The van der Waals surface area contributed by atoms with Crippen LogP contribution in [0.1, 0.15) is 34.1 Å². The highest BCUT2D eigenvalue weighted by molar-refractivity contribution is 9.10. The Labute approximate surface area is 215 Å². The van der Waals surface area contributed by atoms with Gasteiger partial charge in [0.2, 0.25) is 0 Å². The number of carbonyl (C=O) groups is 1. The molecule has 0 saturated heterocycles. The lowest BCUT2D eigenvalue weighted by atomic mass is 9.92. The minimum absolute atomic E-state index is 0.255. The van der Waals surface area contributed by atoms with Crippen molar-refractivity contribution < 1.29 is 9.21 Å². The number of hydrogen-bond donors (Lipinski definition) is 1. The Kier molecular flexibility index (Phi) is 5.62. The van der Waals surface area contributed by atoms with Gasteiger partial charge in [-0.1, -0.05) is 64.5 Å². The molecule has 7 heteroatoms. The lowest BCUT2D eigenvalue weighted by Crippen LogP contribution is -2.26. The number of hydrogen-bond acceptors (Lipinski definition) is 4. The smallest absolute Gasteiger partial charge is 0.274 e. The number of fused-ring (bicyclic) bond motifs is 1. The predicted octanol–water partition coefficient (Wildman–Crippen LogP) is 6.54. The van der Waals surface area contributed by atoms with Gasteiger partial charge in [-0.15, -0.1) is 0 Å². The molecule has 2 aromatic heterocycles. The second kappa shape index (κ2) is 9.09. The molecule has 1 aliphatic heterocycles. The summed E-state index contributed by atoms with van der Waals surface area (Å²) in [5.74, 6) is 0.354. The van der Waals surface area contributed by atoms with Crippen LogP contribution in [0.4, 0.5) is 0 Å². The second-order valence-electron chi connectivity index (χ2n) is 8.56. The van der Waals surface area contributed by atoms with Crippen LogP contribution in [0.3, 0.4) is 0 Å². The van der Waals surface area contributed by atoms with Crippen LogP contribution in [0, 0.1) is 0 Å². The molecule has 0 aliphatic carbocycles. The molecule has 5 aromatic rings. The molecule has 6 nitrogen and oxygen atoms in total. The van der Waals surface area contributed by atoms with Gasteiger partial charge in [0.15, 0.2) is 0 Å². The Morgan fingerprint density at radius 1 is 0.944 bits per heavy atom. The lowest BCUT2D eigenvalue weighted by Gasteiger charge is -2.19. The summed E-state index contributed by atoms with van der Waals surface area (Å²) in [6.45, 7) is 0. The maximum atomic E-state index is 13.6. The number of H-pyrrole nitrogens is 1. The normalized spacial score (nSPS) is 15.3. The minimum atomic E-state index is -0.469. The van der Waals surface area contributed by atoms with E-state index in [1.165, 1.54) is 5.01 Å². The van der Waals surface area contributed by atoms with E-state index in [2.05, 4.69) is 20.9 Å². The first-order valence-corrected chi connectivity index (χ1v) is 12.3. The number of pyridine rings is 1. The molecule has 0 unspecified atom stereocenters. The van der Waals surface area contributed by atoms with E-state index < -0.39 is 6.04 Å². The highest BCUT2D eigenvalue weighted by Crippen LogP contribution is 2.38. The van der Waals surface area contributed by atoms with Crippen molar-refractivity contribution >= 4 is 38.5 Å². The summed E-state index contributed by atoms with van der Waals surface area (Å²) in [4.78, 5) is 30.1. The maximum Gasteiger partial charge on any atom is 0.274 e. The van der Waals surface area contributed by atoms with E-state index in [-0.39, 0.29) is 11.5 Å². The molecule has 6 rings (SSSR count). The fourth-order valence-corrected chi connectivity index (χ4v) is 5.07. The number of nitrogens with zero attached hydrogens (tertiary/aromatic N) is 2. The summed E-state index contributed by atoms with van der Waals surface area (Å²) < 4.78 is 6.59. The molecule has 3 heterocycles. The van der Waals surface area contributed by atoms with Crippen LogP contribution in [0.2, 0.25) is 0 Å². The molecule has 0 bridgehead atoms. The first-order valence-electron chi connectivity index (χ1n) is 11.5. The highest BCUT2D eigenvalue weighted by atomic mass is 79.9. The van der Waals surface area contributed by atoms with Crippen LogP contribution < -0.4 is 5.56 Å². The van der Waals surface area contributed by atoms with Gasteiger partial charge in [-0.25, -0.2) is 5.01 Å². The fourth-order valence-electron chi connectivity index (χ4n) is 4.71. The molecule has 1 N–H and O–H groups in total. The van der Waals surface area contributed by atoms with Crippen LogP contribution in [0.15, 0.2) is 116 Å². The largest absolute Gasteiger partial charge is 0.467 e. The third kappa shape index (κ3) is 3.87. The Morgan fingerprint density at radius 2 is 1.69 bits per heavy atom. The zero-order chi connectivity index (χ0) is 24.6. The van der Waals surface area contributed by atoms with E-state index in [1.54, 1.807) is 24.5 Å². The molecule has 3 aromatic carbocycles. The summed E-state index contributed by atoms with van der Waals surface area (Å²) in [5.41, 5.74) is 3.64. The Bertz CT molecular complexity index is 1660. The standard InChI is InChI=1S/C29H20BrN3O3/c30-20-13-14-22-21(16-20)26(18-8-3-1-4-9-18)27(28(34)31-22)23-17-24(25-12-7-15-36-25)33(32-23)29(35)19-10-5-2-6-11-19/h1-16,24H,17H2,(H,31,34)/t24-/m0/s1. The van der Waals surface area contributed by atoms with Crippen molar-refractivity contribution in [3.8, 4) is 11.1 Å². The third-order valence-corrected chi connectivity index (χ3v) is 6.83. The number of carbonyl (C=O) groups excluding carboxylic acids is 1. The van der Waals surface area contributed by atoms with E-state index in [1.807, 2.05) is 72.8 Å². The molecule has 1 atom stereocenters. The van der Waals surface area contributed by atoms with Gasteiger partial charge < -0.3 is 9.40 Å². The van der Waals surface area contributed by atoms with Gasteiger partial charge >= 0.3 is 0 Å². The zero-order valence-corrected chi connectivity index (χ0v) is 20.6. The number of amides is 1. The third-order valence-electron chi connectivity index (χ3n) is 6.34. The van der Waals surface area contributed by atoms with Crippen LogP contribution >= 0.6 is 15.9 Å². The number of furan rings is 1. The first-order chi connectivity index (χ1) is 17.6. The molecule has 1 amide bonds. The monoisotopic (exact) mass is 537 g/mol. The van der Waals surface area contributed by atoms with E-state index in [9.17, 15) is 9.59 Å². The number of hydrazone groups is 1. The fraction of sp³-hybridized carbons (Fsp3) is 0.0690. The number of benzene rings is 3. The minimum Gasteiger partial charge on any atom is -0.467 e. The average molecular weight is 538 g/mol. The Morgan fingerprint density at radius 3 is 2.42 bits per heavy atom. The van der Waals surface area contributed by atoms with Crippen molar-refractivity contribution in [2.75, 3.05) is 0 Å². The molecule has 0 fully saturated rings. The molecular weight excluding hydrogens is 518 g/mol. The molecule has 0 spiro atoms. The molecule has 0 radical (unpaired) electrons. The second-order valence-corrected chi connectivity index (χ2v) is 9.47. The first kappa shape index (κ1) is 22.2. The summed E-state index contributed by atoms with van der Waals surface area (Å²) in [7, 11) is 0. The van der Waals surface area contributed by atoms with Crippen LogP contribution in [-0.2, 0) is 0 Å². The van der Waals surface area contributed by atoms with Crippen LogP contribution in [0.25, 0.3) is 22.0 Å². The number of aromatic amines is 1. The molecular formula is C29H20BrN3O3. The average Bonchev–Trinajstić information content (AvgIpc) is 3.59. The van der Waals surface area contributed by atoms with Gasteiger partial charge in [0.1, 0.15) is 11.8 Å². The topological polar surface area (TPSA) is 78.7 Å². The van der Waals surface area contributed by atoms with E-state index >= 15 is 0 Å². The van der Waals surface area contributed by atoms with Gasteiger partial charge in [-0.2, -0.15) is 5.10 Å². The maximum absolute atomic E-state index is 13.6. The lowest BCUT2D eigenvalue weighted by molar-refractivity contribution is 0.0693. The number of aromatic nitrogens is 1. The Hall–Kier alpha value is -4.23. The number of rotatable bonds is 4. The zero-order valence-electron chi connectivity index (χ0n) is 19.0. The quantitative estimate of drug-likeness (QED) is 0.282. The van der Waals surface area contributed by atoms with Gasteiger partial charge in [-0.05, 0) is 48.0 Å². The predicted molar refractivity (Wildman–Crippen MR) is 143 cm³/mol. The van der Waals surface area contributed by atoms with Gasteiger partial charge in [0, 0.05) is 32.9 Å². The summed E-state index contributed by atoms with van der Waals surface area (Å²) >= 11 is 3.57. The van der Waals surface area contributed by atoms with Crippen molar-refractivity contribution in [2.45, 2.75) is 12.5 Å². The Balaban J connectivity index is 1.58. The van der Waals surface area contributed by atoms with Crippen molar-refractivity contribution in [1.29, 1.82) is 0 Å². The van der Waals surface area contributed by atoms with Crippen LogP contribution in [-0.4, -0.2) is 21.6 Å². The molecule has 36 heavy (non-hydrogen) atoms.